The van der Waals surface area contributed by atoms with Gasteiger partial charge >= 0.3 is 6.18 Å². The van der Waals surface area contributed by atoms with Crippen LogP contribution in [0.2, 0.25) is 0 Å². The van der Waals surface area contributed by atoms with E-state index in [1.807, 2.05) is 27.7 Å². The lowest BCUT2D eigenvalue weighted by Gasteiger charge is -2.35. The Hall–Kier alpha value is -1.07. The van der Waals surface area contributed by atoms with E-state index in [4.69, 9.17) is 10.5 Å². The van der Waals surface area contributed by atoms with Gasteiger partial charge in [0, 0.05) is 12.6 Å². The van der Waals surface area contributed by atoms with Crippen molar-refractivity contribution in [1.29, 1.82) is 0 Å². The summed E-state index contributed by atoms with van der Waals surface area (Å²) < 4.78 is 43.3. The van der Waals surface area contributed by atoms with Crippen molar-refractivity contribution in [2.45, 2.75) is 52.4 Å². The Balaban J connectivity index is 2.80. The maximum Gasteiger partial charge on any atom is 0.416 e. The Morgan fingerprint density at radius 3 is 2.00 bits per heavy atom. The molecule has 5 heteroatoms. The maximum atomic E-state index is 12.5. The average molecular weight is 303 g/mol. The molecule has 1 aromatic carbocycles. The highest BCUT2D eigenvalue weighted by molar-refractivity contribution is 5.25. The third-order valence-electron chi connectivity index (χ3n) is 3.34. The van der Waals surface area contributed by atoms with Crippen LogP contribution in [0.25, 0.3) is 0 Å². The summed E-state index contributed by atoms with van der Waals surface area (Å²) in [6.45, 7) is 8.59. The number of rotatable bonds is 5. The van der Waals surface area contributed by atoms with Gasteiger partial charge in [0.25, 0.3) is 0 Å². The largest absolute Gasteiger partial charge is 0.416 e. The second kappa shape index (κ2) is 6.79. The first-order valence-electron chi connectivity index (χ1n) is 7.09. The zero-order valence-electron chi connectivity index (χ0n) is 13.0. The van der Waals surface area contributed by atoms with E-state index in [0.717, 1.165) is 17.7 Å². The van der Waals surface area contributed by atoms with Gasteiger partial charge < -0.3 is 10.5 Å². The Bertz CT molecular complexity index is 434. The summed E-state index contributed by atoms with van der Waals surface area (Å²) in [5.74, 6) is 0. The van der Waals surface area contributed by atoms with Gasteiger partial charge in [-0.15, -0.1) is 0 Å². The summed E-state index contributed by atoms with van der Waals surface area (Å²) in [4.78, 5) is 0. The van der Waals surface area contributed by atoms with Gasteiger partial charge in [-0.3, -0.25) is 0 Å². The molecule has 0 heterocycles. The Labute approximate surface area is 124 Å². The van der Waals surface area contributed by atoms with E-state index >= 15 is 0 Å². The van der Waals surface area contributed by atoms with Crippen LogP contribution in [0.15, 0.2) is 24.3 Å². The molecule has 2 nitrogen and oxygen atoms in total. The molecule has 1 rings (SSSR count). The number of nitrogens with two attached hydrogens (primary N) is 1. The lowest BCUT2D eigenvalue weighted by atomic mass is 9.82. The zero-order chi connectivity index (χ0) is 16.3. The maximum absolute atomic E-state index is 12.5. The van der Waals surface area contributed by atoms with Crippen molar-refractivity contribution in [2.24, 2.45) is 11.1 Å². The lowest BCUT2D eigenvalue weighted by molar-refractivity contribution is -0.137. The first-order chi connectivity index (χ1) is 9.55. The first kappa shape index (κ1) is 18.0. The summed E-state index contributed by atoms with van der Waals surface area (Å²) in [7, 11) is 0. The van der Waals surface area contributed by atoms with Crippen LogP contribution in [0.4, 0.5) is 13.2 Å². The highest BCUT2D eigenvalue weighted by atomic mass is 19.4. The van der Waals surface area contributed by atoms with Gasteiger partial charge in [0.2, 0.25) is 0 Å². The van der Waals surface area contributed by atoms with Crippen LogP contribution in [0.1, 0.15) is 38.8 Å². The molecule has 21 heavy (non-hydrogen) atoms. The summed E-state index contributed by atoms with van der Waals surface area (Å²) in [6.07, 6.45) is -3.97. The van der Waals surface area contributed by atoms with Gasteiger partial charge in [0.05, 0.1) is 11.7 Å². The Morgan fingerprint density at radius 1 is 1.10 bits per heavy atom. The lowest BCUT2D eigenvalue weighted by Crippen LogP contribution is -2.46. The highest BCUT2D eigenvalue weighted by Gasteiger charge is 2.32. The van der Waals surface area contributed by atoms with E-state index in [9.17, 15) is 13.2 Å². The molecule has 0 saturated heterocycles. The molecule has 0 aliphatic carbocycles. The molecule has 0 fully saturated rings. The zero-order valence-corrected chi connectivity index (χ0v) is 13.0. The van der Waals surface area contributed by atoms with Crippen LogP contribution < -0.4 is 5.73 Å². The third kappa shape index (κ3) is 5.32. The van der Waals surface area contributed by atoms with Crippen molar-refractivity contribution in [3.05, 3.63) is 35.4 Å². The molecule has 0 amide bonds. The number of ether oxygens (including phenoxy) is 1. The number of alkyl halides is 3. The molecule has 0 aliphatic heterocycles. The van der Waals surface area contributed by atoms with Crippen LogP contribution in [-0.4, -0.2) is 18.8 Å². The van der Waals surface area contributed by atoms with Crippen molar-refractivity contribution < 1.29 is 17.9 Å². The second-order valence-electron chi connectivity index (χ2n) is 6.30. The Kier molecular flexibility index (Phi) is 5.82. The topological polar surface area (TPSA) is 35.2 Å². The van der Waals surface area contributed by atoms with Gasteiger partial charge in [-0.05, 0) is 36.5 Å². The van der Waals surface area contributed by atoms with Gasteiger partial charge in [0.15, 0.2) is 0 Å². The molecular formula is C16H24F3NO. The van der Waals surface area contributed by atoms with Crippen molar-refractivity contribution in [3.63, 3.8) is 0 Å². The fourth-order valence-corrected chi connectivity index (χ4v) is 2.40. The van der Waals surface area contributed by atoms with E-state index in [1.165, 1.54) is 12.1 Å². The quantitative estimate of drug-likeness (QED) is 0.891. The van der Waals surface area contributed by atoms with Gasteiger partial charge in [-0.1, -0.05) is 32.9 Å². The van der Waals surface area contributed by atoms with Crippen LogP contribution in [-0.2, 0) is 17.3 Å². The Morgan fingerprint density at radius 2 is 1.62 bits per heavy atom. The molecule has 1 aromatic rings. The summed E-state index contributed by atoms with van der Waals surface area (Å²) in [5.41, 5.74) is 6.22. The normalized spacial score (nSPS) is 15.8. The van der Waals surface area contributed by atoms with Crippen LogP contribution in [0.3, 0.4) is 0 Å². The predicted octanol–water partition coefficient (Wildman–Crippen LogP) is 4.03. The van der Waals surface area contributed by atoms with Crippen molar-refractivity contribution in [3.8, 4) is 0 Å². The number of halogens is 3. The van der Waals surface area contributed by atoms with E-state index in [2.05, 4.69) is 0 Å². The fraction of sp³-hybridized carbons (Fsp3) is 0.625. The molecular weight excluding hydrogens is 279 g/mol. The van der Waals surface area contributed by atoms with Gasteiger partial charge in [-0.2, -0.15) is 13.2 Å². The molecule has 2 unspecified atom stereocenters. The minimum atomic E-state index is -4.31. The van der Waals surface area contributed by atoms with E-state index < -0.39 is 11.7 Å². The first-order valence-corrected chi connectivity index (χ1v) is 7.09. The third-order valence-corrected chi connectivity index (χ3v) is 3.34. The number of hydrogen-bond donors (Lipinski definition) is 1. The van der Waals surface area contributed by atoms with Gasteiger partial charge in [0.1, 0.15) is 0 Å². The van der Waals surface area contributed by atoms with Crippen molar-refractivity contribution >= 4 is 0 Å². The second-order valence-corrected chi connectivity index (χ2v) is 6.30. The summed E-state index contributed by atoms with van der Waals surface area (Å²) >= 11 is 0. The fourth-order valence-electron chi connectivity index (χ4n) is 2.40. The molecule has 2 atom stereocenters. The van der Waals surface area contributed by atoms with E-state index in [-0.39, 0.29) is 17.6 Å². The molecule has 2 N–H and O–H groups in total. The van der Waals surface area contributed by atoms with Crippen molar-refractivity contribution in [1.82, 2.24) is 0 Å². The standard InChI is InChI=1S/C16H24F3NO/c1-5-21-14(15(2,3)4)13(20)10-11-6-8-12(9-7-11)16(17,18)19/h6-9,13-14H,5,10,20H2,1-4H3. The SMILES string of the molecule is CCOC(C(N)Cc1ccc(C(F)(F)F)cc1)C(C)(C)C. The molecule has 0 bridgehead atoms. The van der Waals surface area contributed by atoms with E-state index in [0.29, 0.717) is 13.0 Å². The van der Waals surface area contributed by atoms with Crippen LogP contribution >= 0.6 is 0 Å². The smallest absolute Gasteiger partial charge is 0.376 e. The summed E-state index contributed by atoms with van der Waals surface area (Å²) in [5, 5.41) is 0. The number of hydrogen-bond acceptors (Lipinski definition) is 2. The predicted molar refractivity (Wildman–Crippen MR) is 78.0 cm³/mol. The van der Waals surface area contributed by atoms with Crippen molar-refractivity contribution in [2.75, 3.05) is 6.61 Å². The van der Waals surface area contributed by atoms with Crippen LogP contribution in [0.5, 0.6) is 0 Å². The molecule has 0 spiro atoms. The molecule has 0 aromatic heterocycles. The minimum Gasteiger partial charge on any atom is -0.376 e. The molecule has 0 saturated carbocycles. The molecule has 0 aliphatic rings. The van der Waals surface area contributed by atoms with Gasteiger partial charge in [-0.25, -0.2) is 0 Å². The summed E-state index contributed by atoms with van der Waals surface area (Å²) in [6, 6.07) is 4.88. The minimum absolute atomic E-state index is 0.124. The molecule has 120 valence electrons. The highest BCUT2D eigenvalue weighted by Crippen LogP contribution is 2.30. The molecule has 0 radical (unpaired) electrons. The monoisotopic (exact) mass is 303 g/mol. The van der Waals surface area contributed by atoms with Crippen LogP contribution in [0, 0.1) is 5.41 Å². The number of benzene rings is 1. The average Bonchev–Trinajstić information content (AvgIpc) is 2.34. The van der Waals surface area contributed by atoms with E-state index in [1.54, 1.807) is 0 Å².